The number of nitrogens with zero attached hydrogens (tertiary/aromatic N) is 3. The molecule has 47 heavy (non-hydrogen) atoms. The Morgan fingerprint density at radius 3 is 2.36 bits per heavy atom. The lowest BCUT2D eigenvalue weighted by Gasteiger charge is -2.24. The maximum Gasteiger partial charge on any atom is 0.338 e. The molecule has 0 bridgehead atoms. The first-order valence-electron chi connectivity index (χ1n) is 15.6. The minimum Gasteiger partial charge on any atom is -0.494 e. The molecule has 0 saturated heterocycles. The molecule has 3 aromatic carbocycles. The zero-order valence-corrected chi connectivity index (χ0v) is 29.3. The zero-order chi connectivity index (χ0) is 33.7. The SMILES string of the molecule is CCOC(=O)C1=C(C)N=c2s/c(=C\c3ccc(N(CC)CC)cc3OCc3ccc(Cl)c(Cl)c3)c(=O)n2[C@@H]1c1ccc(OCC)cc1. The Labute approximate surface area is 288 Å². The molecule has 0 unspecified atom stereocenters. The van der Waals surface area contributed by atoms with Crippen molar-refractivity contribution >= 4 is 52.3 Å². The zero-order valence-electron chi connectivity index (χ0n) is 27.0. The Balaban J connectivity index is 1.63. The van der Waals surface area contributed by atoms with Gasteiger partial charge < -0.3 is 19.1 Å². The number of halogens is 2. The fourth-order valence-electron chi connectivity index (χ4n) is 5.50. The Kier molecular flexibility index (Phi) is 11.1. The second-order valence-corrected chi connectivity index (χ2v) is 12.6. The highest BCUT2D eigenvalue weighted by Gasteiger charge is 2.33. The van der Waals surface area contributed by atoms with Gasteiger partial charge in [0.1, 0.15) is 18.1 Å². The molecule has 8 nitrogen and oxygen atoms in total. The topological polar surface area (TPSA) is 82.4 Å². The van der Waals surface area contributed by atoms with E-state index >= 15 is 0 Å². The second-order valence-electron chi connectivity index (χ2n) is 10.7. The number of aromatic nitrogens is 1. The third kappa shape index (κ3) is 7.43. The summed E-state index contributed by atoms with van der Waals surface area (Å²) in [5.41, 5.74) is 3.88. The molecule has 11 heteroatoms. The molecule has 1 aliphatic rings. The largest absolute Gasteiger partial charge is 0.494 e. The summed E-state index contributed by atoms with van der Waals surface area (Å²) < 4.78 is 19.4. The highest BCUT2D eigenvalue weighted by atomic mass is 35.5. The highest BCUT2D eigenvalue weighted by molar-refractivity contribution is 7.07. The van der Waals surface area contributed by atoms with Crippen molar-refractivity contribution in [3.8, 4) is 11.5 Å². The molecule has 0 fully saturated rings. The van der Waals surface area contributed by atoms with E-state index in [1.165, 1.54) is 11.3 Å². The molecule has 5 rings (SSSR count). The summed E-state index contributed by atoms with van der Waals surface area (Å²) in [5.74, 6) is 0.799. The lowest BCUT2D eigenvalue weighted by Crippen LogP contribution is -2.39. The summed E-state index contributed by atoms with van der Waals surface area (Å²) >= 11 is 13.6. The van der Waals surface area contributed by atoms with Crippen molar-refractivity contribution in [3.05, 3.63) is 118 Å². The summed E-state index contributed by atoms with van der Waals surface area (Å²) in [7, 11) is 0. The van der Waals surface area contributed by atoms with Gasteiger partial charge in [0, 0.05) is 30.4 Å². The van der Waals surface area contributed by atoms with Crippen LogP contribution < -0.4 is 29.3 Å². The normalized spacial score (nSPS) is 14.4. The van der Waals surface area contributed by atoms with Crippen LogP contribution in [0.4, 0.5) is 5.69 Å². The minimum atomic E-state index is -0.724. The average molecular weight is 695 g/mol. The van der Waals surface area contributed by atoms with E-state index in [9.17, 15) is 9.59 Å². The molecule has 0 N–H and O–H groups in total. The predicted octanol–water partition coefficient (Wildman–Crippen LogP) is 6.93. The van der Waals surface area contributed by atoms with Crippen molar-refractivity contribution in [2.75, 3.05) is 31.2 Å². The molecular weight excluding hydrogens is 657 g/mol. The van der Waals surface area contributed by atoms with Gasteiger partial charge in [0.05, 0.1) is 45.1 Å². The number of hydrogen-bond acceptors (Lipinski definition) is 8. The van der Waals surface area contributed by atoms with Crippen molar-refractivity contribution in [3.63, 3.8) is 0 Å². The summed E-state index contributed by atoms with van der Waals surface area (Å²) in [5, 5.41) is 0.922. The molecule has 1 aromatic heterocycles. The van der Waals surface area contributed by atoms with Gasteiger partial charge >= 0.3 is 5.97 Å². The number of carbonyl (C=O) groups excluding carboxylic acids is 1. The molecule has 0 aliphatic carbocycles. The number of rotatable bonds is 12. The van der Waals surface area contributed by atoms with E-state index < -0.39 is 12.0 Å². The van der Waals surface area contributed by atoms with Crippen molar-refractivity contribution in [2.24, 2.45) is 4.99 Å². The van der Waals surface area contributed by atoms with Crippen LogP contribution in [0.2, 0.25) is 10.0 Å². The summed E-state index contributed by atoms with van der Waals surface area (Å²) in [6.45, 7) is 12.3. The number of fused-ring (bicyclic) bond motifs is 1. The third-order valence-electron chi connectivity index (χ3n) is 7.81. The maximum atomic E-state index is 14.2. The van der Waals surface area contributed by atoms with E-state index in [1.54, 1.807) is 30.5 Å². The molecule has 0 amide bonds. The Morgan fingerprint density at radius 2 is 1.70 bits per heavy atom. The lowest BCUT2D eigenvalue weighted by atomic mass is 9.96. The van der Waals surface area contributed by atoms with E-state index in [4.69, 9.17) is 42.4 Å². The van der Waals surface area contributed by atoms with Gasteiger partial charge in [-0.05, 0) is 88.2 Å². The second kappa shape index (κ2) is 15.2. The first-order chi connectivity index (χ1) is 22.7. The first kappa shape index (κ1) is 34.3. The Hall–Kier alpha value is -4.05. The van der Waals surface area contributed by atoms with Crippen molar-refractivity contribution in [1.29, 1.82) is 0 Å². The van der Waals surface area contributed by atoms with Gasteiger partial charge in [-0.2, -0.15) is 0 Å². The summed E-state index contributed by atoms with van der Waals surface area (Å²) in [4.78, 5) is 34.9. The molecule has 1 aliphatic heterocycles. The fraction of sp³-hybridized carbons (Fsp3) is 0.306. The van der Waals surface area contributed by atoms with Crippen LogP contribution in [0.15, 0.2) is 81.7 Å². The summed E-state index contributed by atoms with van der Waals surface area (Å²) in [6.07, 6.45) is 1.82. The number of ether oxygens (including phenoxy) is 3. The number of carbonyl (C=O) groups is 1. The van der Waals surface area contributed by atoms with Gasteiger partial charge in [-0.15, -0.1) is 0 Å². The van der Waals surface area contributed by atoms with Crippen LogP contribution in [0.3, 0.4) is 0 Å². The standard InChI is InChI=1S/C36H37Cl2N3O5S/c1-6-40(7-2)26-14-11-25(30(20-26)46-21-23-10-17-28(37)29(38)18-23)19-31-34(42)41-33(24-12-15-27(16-13-24)44-8-3)32(35(43)45-9-4)22(5)39-36(41)47-31/h10-20,33H,6-9,21H2,1-5H3/b31-19-/t33-/m1/s1. The molecule has 0 spiro atoms. The number of thiazole rings is 1. The number of hydrogen-bond donors (Lipinski definition) is 0. The van der Waals surface area contributed by atoms with Gasteiger partial charge in [0.2, 0.25) is 0 Å². The quantitative estimate of drug-likeness (QED) is 0.150. The molecule has 0 saturated carbocycles. The van der Waals surface area contributed by atoms with Gasteiger partial charge in [0.15, 0.2) is 4.80 Å². The van der Waals surface area contributed by atoms with E-state index in [0.29, 0.717) is 48.8 Å². The van der Waals surface area contributed by atoms with Crippen LogP contribution in [0.25, 0.3) is 6.08 Å². The van der Waals surface area contributed by atoms with Gasteiger partial charge in [-0.1, -0.05) is 52.7 Å². The Morgan fingerprint density at radius 1 is 0.957 bits per heavy atom. The highest BCUT2D eigenvalue weighted by Crippen LogP contribution is 2.32. The van der Waals surface area contributed by atoms with Crippen molar-refractivity contribution < 1.29 is 19.0 Å². The van der Waals surface area contributed by atoms with E-state index in [1.807, 2.05) is 61.5 Å². The lowest BCUT2D eigenvalue weighted by molar-refractivity contribution is -0.139. The molecule has 0 radical (unpaired) electrons. The van der Waals surface area contributed by atoms with Crippen molar-refractivity contribution in [1.82, 2.24) is 4.57 Å². The van der Waals surface area contributed by atoms with Gasteiger partial charge in [-0.3, -0.25) is 9.36 Å². The van der Waals surface area contributed by atoms with Gasteiger partial charge in [-0.25, -0.2) is 9.79 Å². The number of benzene rings is 3. The number of allylic oxidation sites excluding steroid dienone is 1. The van der Waals surface area contributed by atoms with E-state index in [0.717, 1.165) is 35.5 Å². The maximum absolute atomic E-state index is 14.2. The molecule has 246 valence electrons. The predicted molar refractivity (Wildman–Crippen MR) is 189 cm³/mol. The molecule has 2 heterocycles. The van der Waals surface area contributed by atoms with Crippen LogP contribution in [0.1, 0.15) is 57.4 Å². The van der Waals surface area contributed by atoms with Gasteiger partial charge in [0.25, 0.3) is 5.56 Å². The number of esters is 1. The van der Waals surface area contributed by atoms with Crippen LogP contribution in [-0.2, 0) is 16.1 Å². The minimum absolute atomic E-state index is 0.199. The molecule has 4 aromatic rings. The van der Waals surface area contributed by atoms with E-state index in [-0.39, 0.29) is 18.8 Å². The average Bonchev–Trinajstić information content (AvgIpc) is 3.36. The smallest absolute Gasteiger partial charge is 0.338 e. The summed E-state index contributed by atoms with van der Waals surface area (Å²) in [6, 6.07) is 18.0. The number of anilines is 1. The van der Waals surface area contributed by atoms with Crippen molar-refractivity contribution in [2.45, 2.75) is 47.3 Å². The van der Waals surface area contributed by atoms with Crippen LogP contribution >= 0.6 is 34.5 Å². The van der Waals surface area contributed by atoms with Crippen LogP contribution in [-0.4, -0.2) is 36.8 Å². The van der Waals surface area contributed by atoms with Crippen LogP contribution in [0, 0.1) is 0 Å². The van der Waals surface area contributed by atoms with E-state index in [2.05, 4.69) is 18.7 Å². The van der Waals surface area contributed by atoms with Crippen LogP contribution in [0.5, 0.6) is 11.5 Å². The molecular formula is C36H37Cl2N3O5S. The first-order valence-corrected chi connectivity index (χ1v) is 17.1. The Bertz CT molecular complexity index is 1980. The fourth-order valence-corrected chi connectivity index (χ4v) is 6.86. The molecule has 1 atom stereocenters. The monoisotopic (exact) mass is 693 g/mol. The third-order valence-corrected chi connectivity index (χ3v) is 9.54.